The number of hydrogen-bond acceptors (Lipinski definition) is 4. The zero-order valence-corrected chi connectivity index (χ0v) is 18.8. The standard InChI is InChI=1S/C30H24O4/c1-3-14-33-29(31)26(30(32)34-15-4-2)18-19-16-21-10-7-12-23-22-11-5-8-20-9-6-13-24(27(20)22)25(17-19)28(21)23/h3-13,16-17,26H,1-2,14-15,18H2. The minimum atomic E-state index is -1.07. The molecular formula is C30H24O4. The predicted molar refractivity (Wildman–Crippen MR) is 137 cm³/mol. The summed E-state index contributed by atoms with van der Waals surface area (Å²) < 4.78 is 10.4. The Morgan fingerprint density at radius 1 is 0.706 bits per heavy atom. The lowest BCUT2D eigenvalue weighted by molar-refractivity contribution is -0.160. The summed E-state index contributed by atoms with van der Waals surface area (Å²) in [7, 11) is 0. The van der Waals surface area contributed by atoms with E-state index >= 15 is 0 Å². The number of carbonyl (C=O) groups is 2. The van der Waals surface area contributed by atoms with Crippen molar-refractivity contribution >= 4 is 55.0 Å². The van der Waals surface area contributed by atoms with Crippen LogP contribution in [0.2, 0.25) is 0 Å². The van der Waals surface area contributed by atoms with Crippen molar-refractivity contribution in [3.05, 3.63) is 97.6 Å². The van der Waals surface area contributed by atoms with Crippen molar-refractivity contribution in [3.63, 3.8) is 0 Å². The van der Waals surface area contributed by atoms with E-state index in [9.17, 15) is 9.59 Å². The fourth-order valence-corrected chi connectivity index (χ4v) is 4.82. The van der Waals surface area contributed by atoms with Gasteiger partial charge in [-0.3, -0.25) is 9.59 Å². The Kier molecular flexibility index (Phi) is 5.72. The lowest BCUT2D eigenvalue weighted by atomic mass is 9.87. The van der Waals surface area contributed by atoms with Gasteiger partial charge in [0.1, 0.15) is 13.2 Å². The average Bonchev–Trinajstić information content (AvgIpc) is 2.87. The predicted octanol–water partition coefficient (Wildman–Crippen LogP) is 6.35. The molecular weight excluding hydrogens is 424 g/mol. The Bertz CT molecular complexity index is 1530. The summed E-state index contributed by atoms with van der Waals surface area (Å²) in [6.07, 6.45) is 3.13. The molecule has 0 spiro atoms. The third kappa shape index (κ3) is 3.67. The van der Waals surface area contributed by atoms with Crippen LogP contribution in [0.15, 0.2) is 92.0 Å². The second kappa shape index (κ2) is 8.99. The van der Waals surface area contributed by atoms with Gasteiger partial charge in [0, 0.05) is 0 Å². The molecule has 5 aromatic carbocycles. The monoisotopic (exact) mass is 448 g/mol. The Hall–Kier alpha value is -4.18. The van der Waals surface area contributed by atoms with Crippen LogP contribution in [-0.4, -0.2) is 25.2 Å². The Labute approximate surface area is 197 Å². The molecule has 0 atom stereocenters. The molecule has 5 rings (SSSR count). The summed E-state index contributed by atoms with van der Waals surface area (Å²) in [5.74, 6) is -2.31. The number of benzene rings is 5. The molecule has 0 fully saturated rings. The van der Waals surface area contributed by atoms with Gasteiger partial charge >= 0.3 is 11.9 Å². The van der Waals surface area contributed by atoms with E-state index in [4.69, 9.17) is 9.47 Å². The Morgan fingerprint density at radius 3 is 1.76 bits per heavy atom. The second-order valence-corrected chi connectivity index (χ2v) is 8.35. The highest BCUT2D eigenvalue weighted by atomic mass is 16.6. The number of carbonyl (C=O) groups excluding carboxylic acids is 2. The molecule has 4 heteroatoms. The number of ether oxygens (including phenoxy) is 2. The summed E-state index contributed by atoms with van der Waals surface area (Å²) in [6.45, 7) is 7.22. The molecule has 0 aromatic heterocycles. The molecule has 0 bridgehead atoms. The molecule has 0 N–H and O–H groups in total. The van der Waals surface area contributed by atoms with Gasteiger partial charge in [0.05, 0.1) is 0 Å². The quantitative estimate of drug-likeness (QED) is 0.0912. The normalized spacial score (nSPS) is 11.4. The molecule has 0 aliphatic carbocycles. The summed E-state index contributed by atoms with van der Waals surface area (Å²) in [4.78, 5) is 25.4. The highest BCUT2D eigenvalue weighted by Gasteiger charge is 2.30. The van der Waals surface area contributed by atoms with Gasteiger partial charge < -0.3 is 9.47 Å². The maximum Gasteiger partial charge on any atom is 0.320 e. The maximum absolute atomic E-state index is 12.7. The molecule has 34 heavy (non-hydrogen) atoms. The first-order valence-electron chi connectivity index (χ1n) is 11.3. The van der Waals surface area contributed by atoms with Gasteiger partial charge in [-0.05, 0) is 55.1 Å². The lowest BCUT2D eigenvalue weighted by Crippen LogP contribution is -2.30. The topological polar surface area (TPSA) is 52.6 Å². The lowest BCUT2D eigenvalue weighted by Gasteiger charge is -2.18. The number of hydrogen-bond donors (Lipinski definition) is 0. The molecule has 0 saturated heterocycles. The third-order valence-electron chi connectivity index (χ3n) is 6.22. The van der Waals surface area contributed by atoms with E-state index in [1.807, 2.05) is 12.1 Å². The molecule has 4 nitrogen and oxygen atoms in total. The van der Waals surface area contributed by atoms with Crippen molar-refractivity contribution in [1.82, 2.24) is 0 Å². The summed E-state index contributed by atoms with van der Waals surface area (Å²) in [5.41, 5.74) is 0.868. The van der Waals surface area contributed by atoms with Gasteiger partial charge in [0.2, 0.25) is 0 Å². The second-order valence-electron chi connectivity index (χ2n) is 8.35. The third-order valence-corrected chi connectivity index (χ3v) is 6.22. The van der Waals surface area contributed by atoms with Crippen molar-refractivity contribution in [2.24, 2.45) is 5.92 Å². The summed E-state index contributed by atoms with van der Waals surface area (Å²) >= 11 is 0. The van der Waals surface area contributed by atoms with Gasteiger partial charge in [0.25, 0.3) is 0 Å². The minimum Gasteiger partial charge on any atom is -0.461 e. The van der Waals surface area contributed by atoms with Gasteiger partial charge in [-0.25, -0.2) is 0 Å². The first-order valence-corrected chi connectivity index (χ1v) is 11.3. The van der Waals surface area contributed by atoms with E-state index in [2.05, 4.69) is 67.8 Å². The number of rotatable bonds is 8. The highest BCUT2D eigenvalue weighted by molar-refractivity contribution is 6.32. The van der Waals surface area contributed by atoms with Crippen molar-refractivity contribution in [1.29, 1.82) is 0 Å². The summed E-state index contributed by atoms with van der Waals surface area (Å²) in [6, 6.07) is 23.1. The van der Waals surface area contributed by atoms with Crippen LogP contribution in [0.5, 0.6) is 0 Å². The fourth-order valence-electron chi connectivity index (χ4n) is 4.82. The Balaban J connectivity index is 1.68. The van der Waals surface area contributed by atoms with Crippen molar-refractivity contribution in [2.45, 2.75) is 6.42 Å². The van der Waals surface area contributed by atoms with Crippen LogP contribution in [0.4, 0.5) is 0 Å². The molecule has 0 aliphatic heterocycles. The largest absolute Gasteiger partial charge is 0.461 e. The maximum atomic E-state index is 12.7. The average molecular weight is 449 g/mol. The first-order chi connectivity index (χ1) is 16.6. The van der Waals surface area contributed by atoms with Gasteiger partial charge in [0.15, 0.2) is 5.92 Å². The van der Waals surface area contributed by atoms with Crippen LogP contribution in [-0.2, 0) is 25.5 Å². The SMILES string of the molecule is C=CCOC(=O)C(Cc1cc2cccc3c4cccc5cccc(c(c1)c23)c54)C(=O)OCC=C. The fraction of sp³-hybridized carbons (Fsp3) is 0.133. The van der Waals surface area contributed by atoms with Crippen LogP contribution in [0.25, 0.3) is 43.1 Å². The van der Waals surface area contributed by atoms with E-state index < -0.39 is 17.9 Å². The molecule has 5 aromatic rings. The summed E-state index contributed by atoms with van der Waals surface area (Å²) in [5, 5.41) is 9.31. The van der Waals surface area contributed by atoms with Crippen LogP contribution in [0.1, 0.15) is 5.56 Å². The van der Waals surface area contributed by atoms with E-state index in [0.717, 1.165) is 21.7 Å². The van der Waals surface area contributed by atoms with Crippen molar-refractivity contribution in [3.8, 4) is 0 Å². The van der Waals surface area contributed by atoms with Crippen LogP contribution in [0.3, 0.4) is 0 Å². The van der Waals surface area contributed by atoms with Crippen molar-refractivity contribution in [2.75, 3.05) is 13.2 Å². The smallest absolute Gasteiger partial charge is 0.320 e. The molecule has 0 unspecified atom stereocenters. The van der Waals surface area contributed by atoms with E-state index in [1.54, 1.807) is 0 Å². The van der Waals surface area contributed by atoms with Crippen LogP contribution >= 0.6 is 0 Å². The van der Waals surface area contributed by atoms with Gasteiger partial charge in [-0.15, -0.1) is 0 Å². The molecule has 0 heterocycles. The molecule has 0 saturated carbocycles. The van der Waals surface area contributed by atoms with Gasteiger partial charge in [-0.2, -0.15) is 0 Å². The van der Waals surface area contributed by atoms with Crippen LogP contribution < -0.4 is 0 Å². The molecule has 0 radical (unpaired) electrons. The van der Waals surface area contributed by atoms with Crippen molar-refractivity contribution < 1.29 is 19.1 Å². The molecule has 0 amide bonds. The van der Waals surface area contributed by atoms with Crippen LogP contribution in [0, 0.1) is 5.92 Å². The number of fused-ring (bicyclic) bond motifs is 2. The first kappa shape index (κ1) is 21.7. The van der Waals surface area contributed by atoms with E-state index in [0.29, 0.717) is 0 Å². The minimum absolute atomic E-state index is 0.0369. The number of esters is 2. The molecule has 168 valence electrons. The highest BCUT2D eigenvalue weighted by Crippen LogP contribution is 2.40. The van der Waals surface area contributed by atoms with Gasteiger partial charge in [-0.1, -0.05) is 92.0 Å². The zero-order valence-electron chi connectivity index (χ0n) is 18.8. The Morgan fingerprint density at radius 2 is 1.21 bits per heavy atom. The van der Waals surface area contributed by atoms with E-state index in [1.165, 1.54) is 39.1 Å². The zero-order chi connectivity index (χ0) is 23.7. The molecule has 0 aliphatic rings. The van der Waals surface area contributed by atoms with E-state index in [-0.39, 0.29) is 19.6 Å².